The molecule has 0 N–H and O–H groups in total. The van der Waals surface area contributed by atoms with E-state index in [0.29, 0.717) is 0 Å². The molecule has 49 heavy (non-hydrogen) atoms. The van der Waals surface area contributed by atoms with E-state index in [1.165, 1.54) is 54.5 Å². The van der Waals surface area contributed by atoms with E-state index in [9.17, 15) is 0 Å². The van der Waals surface area contributed by atoms with Crippen molar-refractivity contribution in [3.63, 3.8) is 0 Å². The van der Waals surface area contributed by atoms with Gasteiger partial charge in [-0.1, -0.05) is 115 Å². The van der Waals surface area contributed by atoms with E-state index in [0.717, 1.165) is 49.7 Å². The van der Waals surface area contributed by atoms with Gasteiger partial charge in [-0.15, -0.1) is 0 Å². The van der Waals surface area contributed by atoms with Crippen LogP contribution < -0.4 is 0 Å². The van der Waals surface area contributed by atoms with Crippen LogP contribution in [0.4, 0.5) is 0 Å². The van der Waals surface area contributed by atoms with Crippen LogP contribution in [0.2, 0.25) is 0 Å². The van der Waals surface area contributed by atoms with Gasteiger partial charge in [-0.25, -0.2) is 0 Å². The topological polar surface area (TPSA) is 31.2 Å². The quantitative estimate of drug-likeness (QED) is 0.183. The van der Waals surface area contributed by atoms with Gasteiger partial charge in [0.2, 0.25) is 0 Å². The van der Waals surface area contributed by atoms with Gasteiger partial charge in [0, 0.05) is 38.4 Å². The van der Waals surface area contributed by atoms with Crippen molar-refractivity contribution in [1.82, 2.24) is 4.57 Å². The Labute approximate surface area is 280 Å². The largest absolute Gasteiger partial charge is 0.464 e. The monoisotopic (exact) mass is 625 g/mol. The van der Waals surface area contributed by atoms with Crippen LogP contribution in [0.5, 0.6) is 0 Å². The average molecular weight is 626 g/mol. The highest BCUT2D eigenvalue weighted by atomic mass is 16.3. The maximum absolute atomic E-state index is 6.57. The van der Waals surface area contributed by atoms with Crippen LogP contribution >= 0.6 is 0 Å². The average Bonchev–Trinajstić information content (AvgIpc) is 3.86. The molecule has 8 aromatic carbocycles. The minimum absolute atomic E-state index is 0.817. The lowest BCUT2D eigenvalue weighted by Gasteiger charge is -2.18. The fourth-order valence-electron chi connectivity index (χ4n) is 8.28. The fraction of sp³-hybridized carbons (Fsp3) is 0. The summed E-state index contributed by atoms with van der Waals surface area (Å²) in [6.45, 7) is 0. The van der Waals surface area contributed by atoms with Gasteiger partial charge in [0.15, 0.2) is 0 Å². The van der Waals surface area contributed by atoms with E-state index < -0.39 is 0 Å². The highest BCUT2D eigenvalue weighted by Crippen LogP contribution is 2.49. The van der Waals surface area contributed by atoms with E-state index in [1.54, 1.807) is 0 Å². The lowest BCUT2D eigenvalue weighted by atomic mass is 9.85. The third kappa shape index (κ3) is 3.62. The summed E-state index contributed by atoms with van der Waals surface area (Å²) >= 11 is 0. The Hall–Kier alpha value is -6.58. The lowest BCUT2D eigenvalue weighted by molar-refractivity contribution is 0.616. The van der Waals surface area contributed by atoms with Crippen LogP contribution in [0.1, 0.15) is 0 Å². The van der Waals surface area contributed by atoms with Crippen molar-refractivity contribution < 1.29 is 8.83 Å². The zero-order valence-electron chi connectivity index (χ0n) is 26.4. The van der Waals surface area contributed by atoms with Crippen molar-refractivity contribution in [3.8, 4) is 27.9 Å². The number of benzene rings is 8. The van der Waals surface area contributed by atoms with Crippen molar-refractivity contribution in [1.29, 1.82) is 0 Å². The summed E-state index contributed by atoms with van der Waals surface area (Å²) in [6.07, 6.45) is 1.92. The molecule has 0 aliphatic heterocycles. The van der Waals surface area contributed by atoms with Crippen molar-refractivity contribution in [2.45, 2.75) is 0 Å². The first kappa shape index (κ1) is 26.5. The Bertz CT molecular complexity index is 3050. The predicted molar refractivity (Wildman–Crippen MR) is 204 cm³/mol. The van der Waals surface area contributed by atoms with Crippen LogP contribution in [-0.2, 0) is 0 Å². The number of nitrogens with zero attached hydrogens (tertiary/aromatic N) is 1. The molecule has 0 aliphatic carbocycles. The molecule has 228 valence electrons. The molecule has 3 aromatic heterocycles. The zero-order valence-corrected chi connectivity index (χ0v) is 26.4. The maximum atomic E-state index is 6.57. The van der Waals surface area contributed by atoms with Gasteiger partial charge in [-0.3, -0.25) is 0 Å². The highest BCUT2D eigenvalue weighted by Gasteiger charge is 2.24. The predicted octanol–water partition coefficient (Wildman–Crippen LogP) is 13.1. The highest BCUT2D eigenvalue weighted by molar-refractivity contribution is 6.29. The van der Waals surface area contributed by atoms with Crippen LogP contribution in [0.15, 0.2) is 173 Å². The van der Waals surface area contributed by atoms with Crippen LogP contribution in [-0.4, -0.2) is 4.57 Å². The first-order chi connectivity index (χ1) is 24.3. The van der Waals surface area contributed by atoms with Gasteiger partial charge in [0.25, 0.3) is 0 Å². The summed E-state index contributed by atoms with van der Waals surface area (Å²) in [7, 11) is 0. The number of hydrogen-bond donors (Lipinski definition) is 0. The maximum Gasteiger partial charge on any atom is 0.147 e. The molecule has 0 saturated carbocycles. The van der Waals surface area contributed by atoms with Crippen molar-refractivity contribution >= 4 is 76.3 Å². The minimum Gasteiger partial charge on any atom is -0.464 e. The molecular formula is C46H27NO2. The molecule has 0 radical (unpaired) electrons. The first-order valence-electron chi connectivity index (χ1n) is 16.7. The molecule has 3 heteroatoms. The van der Waals surface area contributed by atoms with Crippen molar-refractivity contribution in [2.24, 2.45) is 0 Å². The van der Waals surface area contributed by atoms with E-state index in [2.05, 4.69) is 150 Å². The first-order valence-corrected chi connectivity index (χ1v) is 16.7. The van der Waals surface area contributed by atoms with E-state index in [4.69, 9.17) is 8.83 Å². The Kier molecular flexibility index (Phi) is 5.38. The number of furan rings is 2. The van der Waals surface area contributed by atoms with Crippen molar-refractivity contribution in [3.05, 3.63) is 164 Å². The van der Waals surface area contributed by atoms with Crippen LogP contribution in [0, 0.1) is 0 Å². The van der Waals surface area contributed by atoms with Gasteiger partial charge in [-0.2, -0.15) is 0 Å². The number of aromatic nitrogens is 1. The van der Waals surface area contributed by atoms with E-state index in [1.807, 2.05) is 18.4 Å². The minimum atomic E-state index is 0.817. The SMILES string of the molecule is c1ccc(-n2c3ccccc3c3c(-c4c5ccccc5c(-c5coc6ccc7c8ccccc8oc7c56)c5ccccc45)cccc32)cc1. The molecule has 0 unspecified atom stereocenters. The van der Waals surface area contributed by atoms with Gasteiger partial charge >= 0.3 is 0 Å². The second kappa shape index (κ2) is 9.96. The zero-order chi connectivity index (χ0) is 32.1. The molecule has 0 bridgehead atoms. The normalized spacial score (nSPS) is 12.1. The number of para-hydroxylation sites is 3. The third-order valence-electron chi connectivity index (χ3n) is 10.3. The van der Waals surface area contributed by atoms with E-state index >= 15 is 0 Å². The lowest BCUT2D eigenvalue weighted by Crippen LogP contribution is -1.93. The van der Waals surface area contributed by atoms with Crippen LogP contribution in [0.25, 0.3) is 104 Å². The Morgan fingerprint density at radius 1 is 0.367 bits per heavy atom. The molecule has 0 spiro atoms. The Morgan fingerprint density at radius 3 is 1.69 bits per heavy atom. The molecule has 0 saturated heterocycles. The molecule has 11 rings (SSSR count). The van der Waals surface area contributed by atoms with Gasteiger partial charge in [0.05, 0.1) is 22.7 Å². The molecule has 3 heterocycles. The number of fused-ring (bicyclic) bond motifs is 10. The Balaban J connectivity index is 1.29. The fourth-order valence-corrected chi connectivity index (χ4v) is 8.28. The third-order valence-corrected chi connectivity index (χ3v) is 10.3. The Morgan fingerprint density at radius 2 is 0.959 bits per heavy atom. The molecular weight excluding hydrogens is 599 g/mol. The summed E-state index contributed by atoms with van der Waals surface area (Å²) in [5.41, 5.74) is 10.7. The van der Waals surface area contributed by atoms with Gasteiger partial charge < -0.3 is 13.4 Å². The molecule has 3 nitrogen and oxygen atoms in total. The van der Waals surface area contributed by atoms with Gasteiger partial charge in [-0.05, 0) is 75.1 Å². The summed E-state index contributed by atoms with van der Waals surface area (Å²) in [4.78, 5) is 0. The molecule has 0 atom stereocenters. The second-order valence-corrected chi connectivity index (χ2v) is 12.8. The number of hydrogen-bond acceptors (Lipinski definition) is 2. The summed E-state index contributed by atoms with van der Waals surface area (Å²) < 4.78 is 15.3. The molecule has 0 aliphatic rings. The molecule has 0 fully saturated rings. The summed E-state index contributed by atoms with van der Waals surface area (Å²) in [5.74, 6) is 0. The van der Waals surface area contributed by atoms with Crippen LogP contribution in [0.3, 0.4) is 0 Å². The second-order valence-electron chi connectivity index (χ2n) is 12.8. The summed E-state index contributed by atoms with van der Waals surface area (Å²) in [5, 5.41) is 10.5. The molecule has 11 aromatic rings. The molecule has 0 amide bonds. The van der Waals surface area contributed by atoms with Crippen molar-refractivity contribution in [2.75, 3.05) is 0 Å². The van der Waals surface area contributed by atoms with Gasteiger partial charge in [0.1, 0.15) is 16.7 Å². The standard InChI is InChI=1S/C46H27NO2/c1-2-13-28(14-3-1)47-38-22-10-8-20-35(38)44-36(21-12-23-39(44)47)42-30-16-4-6-18-32(30)43(33-19-7-5-17-31(33)42)37-27-48-41-26-25-34-29-15-9-11-24-40(29)49-46(34)45(37)41/h1-27H. The number of rotatable bonds is 3. The summed E-state index contributed by atoms with van der Waals surface area (Å²) in [6, 6.07) is 56.3. The van der Waals surface area contributed by atoms with E-state index in [-0.39, 0.29) is 0 Å². The smallest absolute Gasteiger partial charge is 0.147 e.